The Morgan fingerprint density at radius 3 is 2.63 bits per heavy atom. The second kappa shape index (κ2) is 3.25. The van der Waals surface area contributed by atoms with Gasteiger partial charge in [-0.2, -0.15) is 0 Å². The van der Waals surface area contributed by atoms with Crippen molar-refractivity contribution in [3.8, 4) is 0 Å². The summed E-state index contributed by atoms with van der Waals surface area (Å²) in [5.41, 5.74) is -1.46. The molecule has 0 unspecified atom stereocenters. The van der Waals surface area contributed by atoms with Crippen LogP contribution >= 0.6 is 0 Å². The van der Waals surface area contributed by atoms with Gasteiger partial charge in [-0.15, -0.1) is 0 Å². The molecule has 0 aromatic heterocycles. The van der Waals surface area contributed by atoms with E-state index in [9.17, 15) is 10.2 Å². The Morgan fingerprint density at radius 2 is 2.00 bits per heavy atom. The quantitative estimate of drug-likeness (QED) is 0.704. The Labute approximate surface area is 113 Å². The van der Waals surface area contributed by atoms with Gasteiger partial charge in [-0.25, -0.2) is 0 Å². The number of hydrogen-bond donors (Lipinski definition) is 2. The monoisotopic (exact) mass is 266 g/mol. The topological polar surface area (TPSA) is 58.9 Å². The van der Waals surface area contributed by atoms with Crippen LogP contribution in [0.2, 0.25) is 0 Å². The third kappa shape index (κ3) is 1.20. The van der Waals surface area contributed by atoms with Gasteiger partial charge in [0.1, 0.15) is 5.60 Å². The molecular weight excluding hydrogens is 244 g/mol. The lowest BCUT2D eigenvalue weighted by Crippen LogP contribution is -2.52. The van der Waals surface area contributed by atoms with Gasteiger partial charge in [0.15, 0.2) is 6.29 Å². The number of ether oxygens (including phenoxy) is 2. The fourth-order valence-electron chi connectivity index (χ4n) is 4.98. The molecule has 4 bridgehead atoms. The van der Waals surface area contributed by atoms with E-state index in [1.54, 1.807) is 0 Å². The van der Waals surface area contributed by atoms with Crippen molar-refractivity contribution in [2.75, 3.05) is 6.61 Å². The smallest absolute Gasteiger partial charge is 0.168 e. The van der Waals surface area contributed by atoms with Crippen LogP contribution in [-0.4, -0.2) is 40.4 Å². The van der Waals surface area contributed by atoms with E-state index in [0.29, 0.717) is 6.42 Å². The Hall–Kier alpha value is -0.420. The first-order valence-corrected chi connectivity index (χ1v) is 7.23. The predicted molar refractivity (Wildman–Crippen MR) is 68.3 cm³/mol. The maximum absolute atomic E-state index is 10.1. The lowest BCUT2D eigenvalue weighted by atomic mass is 9.55. The molecule has 3 saturated heterocycles. The summed E-state index contributed by atoms with van der Waals surface area (Å²) in [6, 6.07) is 0. The number of aliphatic hydroxyl groups is 2. The van der Waals surface area contributed by atoms with Crippen molar-refractivity contribution in [1.29, 1.82) is 0 Å². The lowest BCUT2D eigenvalue weighted by molar-refractivity contribution is -0.261. The maximum Gasteiger partial charge on any atom is 0.168 e. The molecule has 4 nitrogen and oxygen atoms in total. The molecule has 2 N–H and O–H groups in total. The van der Waals surface area contributed by atoms with E-state index in [2.05, 4.69) is 13.0 Å². The molecule has 0 amide bonds. The van der Waals surface area contributed by atoms with Gasteiger partial charge in [0.2, 0.25) is 0 Å². The van der Waals surface area contributed by atoms with E-state index >= 15 is 0 Å². The van der Waals surface area contributed by atoms with Crippen LogP contribution in [0.5, 0.6) is 0 Å². The van der Waals surface area contributed by atoms with Gasteiger partial charge in [0.25, 0.3) is 0 Å². The van der Waals surface area contributed by atoms with Crippen LogP contribution in [0.3, 0.4) is 0 Å². The highest BCUT2D eigenvalue weighted by molar-refractivity contribution is 5.30. The number of rotatable bonds is 1. The molecule has 3 aliphatic heterocycles. The standard InChI is InChI=1S/C15H22O4/c1-12(17)3-5-14(6-4-12)11-18-10-7-13(14,2)15(8-10,9-16)19-11/h3,5,10-11,16-17H,4,6-9H2,1-2H3/t10-,11+,12+,13+,14+,15-/m0/s1. The van der Waals surface area contributed by atoms with Crippen molar-refractivity contribution in [3.63, 3.8) is 0 Å². The van der Waals surface area contributed by atoms with Gasteiger partial charge < -0.3 is 19.7 Å². The SMILES string of the molecule is C[C@]12C[C@H]3C[C@@]1(CO)O[C@@H](O3)[C@]21C=C[C@@](C)(O)CC1. The minimum atomic E-state index is -0.728. The van der Waals surface area contributed by atoms with E-state index in [1.165, 1.54) is 0 Å². The third-order valence-corrected chi connectivity index (χ3v) is 6.34. The van der Waals surface area contributed by atoms with Crippen molar-refractivity contribution in [2.45, 2.75) is 63.1 Å². The largest absolute Gasteiger partial charge is 0.393 e. The van der Waals surface area contributed by atoms with Gasteiger partial charge in [-0.1, -0.05) is 19.1 Å². The fraction of sp³-hybridized carbons (Fsp3) is 0.867. The molecule has 19 heavy (non-hydrogen) atoms. The molecule has 106 valence electrons. The summed E-state index contributed by atoms with van der Waals surface area (Å²) in [6.45, 7) is 4.13. The molecule has 6 atom stereocenters. The minimum Gasteiger partial charge on any atom is -0.393 e. The normalized spacial score (nSPS) is 62.3. The summed E-state index contributed by atoms with van der Waals surface area (Å²) >= 11 is 0. The van der Waals surface area contributed by atoms with Crippen molar-refractivity contribution in [1.82, 2.24) is 0 Å². The zero-order valence-corrected chi connectivity index (χ0v) is 11.6. The molecule has 4 fully saturated rings. The van der Waals surface area contributed by atoms with Crippen molar-refractivity contribution in [3.05, 3.63) is 12.2 Å². The Bertz CT molecular complexity index is 459. The van der Waals surface area contributed by atoms with Gasteiger partial charge in [0.05, 0.1) is 18.3 Å². The zero-order chi connectivity index (χ0) is 13.5. The molecule has 5 rings (SSSR count). The van der Waals surface area contributed by atoms with E-state index in [-0.39, 0.29) is 29.8 Å². The number of aliphatic hydroxyl groups excluding tert-OH is 1. The van der Waals surface area contributed by atoms with Crippen LogP contribution in [0.25, 0.3) is 0 Å². The molecule has 3 heterocycles. The summed E-state index contributed by atoms with van der Waals surface area (Å²) in [4.78, 5) is 0. The average molecular weight is 266 g/mol. The first kappa shape index (κ1) is 12.3. The van der Waals surface area contributed by atoms with Crippen LogP contribution in [-0.2, 0) is 9.47 Å². The Morgan fingerprint density at radius 1 is 1.21 bits per heavy atom. The molecular formula is C15H22O4. The van der Waals surface area contributed by atoms with Crippen molar-refractivity contribution in [2.24, 2.45) is 10.8 Å². The summed E-state index contributed by atoms with van der Waals surface area (Å²) in [5, 5.41) is 20.0. The van der Waals surface area contributed by atoms with E-state index in [0.717, 1.165) is 19.3 Å². The van der Waals surface area contributed by atoms with E-state index in [4.69, 9.17) is 9.47 Å². The second-order valence-electron chi connectivity index (χ2n) is 7.33. The molecule has 1 saturated carbocycles. The van der Waals surface area contributed by atoms with Gasteiger partial charge in [-0.3, -0.25) is 0 Å². The molecule has 0 radical (unpaired) electrons. The predicted octanol–water partition coefficient (Wildman–Crippen LogP) is 1.36. The van der Waals surface area contributed by atoms with Crippen LogP contribution < -0.4 is 0 Å². The van der Waals surface area contributed by atoms with Crippen molar-refractivity contribution < 1.29 is 19.7 Å². The van der Waals surface area contributed by atoms with E-state index in [1.807, 2.05) is 13.0 Å². The third-order valence-electron chi connectivity index (χ3n) is 6.34. The Balaban J connectivity index is 1.83. The number of hydrogen-bond acceptors (Lipinski definition) is 4. The average Bonchev–Trinajstić information content (AvgIpc) is 2.64. The Kier molecular flexibility index (Phi) is 2.11. The highest BCUT2D eigenvalue weighted by Gasteiger charge is 2.77. The molecule has 2 aliphatic carbocycles. The molecule has 0 aromatic rings. The highest BCUT2D eigenvalue weighted by Crippen LogP contribution is 2.72. The highest BCUT2D eigenvalue weighted by atomic mass is 16.7. The van der Waals surface area contributed by atoms with Crippen molar-refractivity contribution >= 4 is 0 Å². The summed E-state index contributed by atoms with van der Waals surface area (Å²) in [7, 11) is 0. The first-order valence-electron chi connectivity index (χ1n) is 7.23. The van der Waals surface area contributed by atoms with Gasteiger partial charge >= 0.3 is 0 Å². The molecule has 0 aromatic carbocycles. The van der Waals surface area contributed by atoms with Crippen LogP contribution in [0, 0.1) is 10.8 Å². The lowest BCUT2D eigenvalue weighted by Gasteiger charge is -2.50. The first-order chi connectivity index (χ1) is 8.87. The van der Waals surface area contributed by atoms with Crippen LogP contribution in [0.4, 0.5) is 0 Å². The van der Waals surface area contributed by atoms with Gasteiger partial charge in [-0.05, 0) is 26.2 Å². The maximum atomic E-state index is 10.1. The molecule has 4 heteroatoms. The van der Waals surface area contributed by atoms with Gasteiger partial charge in [0, 0.05) is 17.3 Å². The summed E-state index contributed by atoms with van der Waals surface area (Å²) < 4.78 is 12.2. The van der Waals surface area contributed by atoms with E-state index < -0.39 is 11.2 Å². The molecule has 5 aliphatic rings. The van der Waals surface area contributed by atoms with Crippen LogP contribution in [0.15, 0.2) is 12.2 Å². The summed E-state index contributed by atoms with van der Waals surface area (Å²) in [6.07, 6.45) is 7.27. The van der Waals surface area contributed by atoms with Crippen LogP contribution in [0.1, 0.15) is 39.5 Å². The molecule has 1 spiro atoms. The zero-order valence-electron chi connectivity index (χ0n) is 11.6. The minimum absolute atomic E-state index is 0.0614. The second-order valence-corrected chi connectivity index (χ2v) is 7.33. The fourth-order valence-corrected chi connectivity index (χ4v) is 4.98. The summed E-state index contributed by atoms with van der Waals surface area (Å²) in [5.74, 6) is 0.